The SMILES string of the molecule is COc1cc(C(=O)Nc2ccc(OCc3ccccc3)cc2)ccc1-n1c(=O)[nH]c2c(OC)c(OC)ccc2c1=O. The van der Waals surface area contributed by atoms with Gasteiger partial charge < -0.3 is 29.2 Å². The fourth-order valence-electron chi connectivity index (χ4n) is 4.41. The maximum absolute atomic E-state index is 13.4. The summed E-state index contributed by atoms with van der Waals surface area (Å²) >= 11 is 0. The molecule has 0 saturated heterocycles. The van der Waals surface area contributed by atoms with Crippen LogP contribution in [0, 0.1) is 0 Å². The third kappa shape index (κ3) is 5.48. The zero-order valence-corrected chi connectivity index (χ0v) is 22.6. The quantitative estimate of drug-likeness (QED) is 0.275. The van der Waals surface area contributed by atoms with E-state index in [9.17, 15) is 14.4 Å². The summed E-state index contributed by atoms with van der Waals surface area (Å²) < 4.78 is 22.8. The van der Waals surface area contributed by atoms with E-state index < -0.39 is 17.2 Å². The number of aromatic amines is 1. The Labute approximate surface area is 234 Å². The third-order valence-electron chi connectivity index (χ3n) is 6.46. The molecular formula is C31H27N3O7. The number of carbonyl (C=O) groups is 1. The molecule has 0 aliphatic heterocycles. The van der Waals surface area contributed by atoms with E-state index in [-0.39, 0.29) is 33.7 Å². The molecule has 1 heterocycles. The molecule has 10 heteroatoms. The highest BCUT2D eigenvalue weighted by Crippen LogP contribution is 2.32. The monoisotopic (exact) mass is 553 g/mol. The number of amides is 1. The first-order valence-electron chi connectivity index (χ1n) is 12.6. The molecule has 1 aromatic heterocycles. The van der Waals surface area contributed by atoms with Gasteiger partial charge in [-0.15, -0.1) is 0 Å². The molecule has 5 rings (SSSR count). The summed E-state index contributed by atoms with van der Waals surface area (Å²) in [7, 11) is 4.27. The van der Waals surface area contributed by atoms with Crippen LogP contribution in [0.1, 0.15) is 15.9 Å². The molecule has 0 spiro atoms. The number of carbonyl (C=O) groups excluding carboxylic acids is 1. The Balaban J connectivity index is 1.38. The van der Waals surface area contributed by atoms with Crippen molar-refractivity contribution in [2.24, 2.45) is 0 Å². The highest BCUT2D eigenvalue weighted by Gasteiger charge is 2.19. The fourth-order valence-corrected chi connectivity index (χ4v) is 4.41. The number of hydrogen-bond donors (Lipinski definition) is 2. The lowest BCUT2D eigenvalue weighted by molar-refractivity contribution is 0.102. The molecule has 0 aliphatic rings. The molecule has 5 aromatic rings. The molecule has 0 aliphatic carbocycles. The molecular weight excluding hydrogens is 526 g/mol. The Hall–Kier alpha value is -5.51. The number of benzene rings is 4. The number of methoxy groups -OCH3 is 3. The average Bonchev–Trinajstić information content (AvgIpc) is 3.00. The third-order valence-corrected chi connectivity index (χ3v) is 6.46. The first-order valence-corrected chi connectivity index (χ1v) is 12.6. The maximum Gasteiger partial charge on any atom is 0.333 e. The number of H-pyrrole nitrogens is 1. The molecule has 0 bridgehead atoms. The van der Waals surface area contributed by atoms with Gasteiger partial charge in [0.2, 0.25) is 0 Å². The normalized spacial score (nSPS) is 10.7. The van der Waals surface area contributed by atoms with E-state index in [0.717, 1.165) is 10.1 Å². The summed E-state index contributed by atoms with van der Waals surface area (Å²) in [5.74, 6) is 1.04. The molecule has 41 heavy (non-hydrogen) atoms. The highest BCUT2D eigenvalue weighted by atomic mass is 16.5. The Morgan fingerprint density at radius 3 is 2.24 bits per heavy atom. The van der Waals surface area contributed by atoms with Crippen molar-refractivity contribution in [2.45, 2.75) is 6.61 Å². The largest absolute Gasteiger partial charge is 0.495 e. The molecule has 208 valence electrons. The second-order valence-electron chi connectivity index (χ2n) is 8.93. The van der Waals surface area contributed by atoms with Crippen molar-refractivity contribution in [1.29, 1.82) is 0 Å². The Morgan fingerprint density at radius 1 is 0.829 bits per heavy atom. The van der Waals surface area contributed by atoms with Gasteiger partial charge in [0.25, 0.3) is 11.5 Å². The van der Waals surface area contributed by atoms with E-state index in [0.29, 0.717) is 23.8 Å². The van der Waals surface area contributed by atoms with E-state index in [2.05, 4.69) is 10.3 Å². The summed E-state index contributed by atoms with van der Waals surface area (Å²) in [6, 6.07) is 24.4. The van der Waals surface area contributed by atoms with Gasteiger partial charge in [-0.3, -0.25) is 9.59 Å². The topological polar surface area (TPSA) is 121 Å². The predicted octanol–water partition coefficient (Wildman–Crippen LogP) is 4.54. The number of rotatable bonds is 9. The zero-order valence-electron chi connectivity index (χ0n) is 22.6. The van der Waals surface area contributed by atoms with Crippen LogP contribution < -0.4 is 35.5 Å². The lowest BCUT2D eigenvalue weighted by atomic mass is 10.1. The van der Waals surface area contributed by atoms with Crippen molar-refractivity contribution < 1.29 is 23.7 Å². The lowest BCUT2D eigenvalue weighted by Gasteiger charge is -2.14. The molecule has 1 amide bonds. The minimum Gasteiger partial charge on any atom is -0.495 e. The van der Waals surface area contributed by atoms with Crippen molar-refractivity contribution in [3.8, 4) is 28.7 Å². The van der Waals surface area contributed by atoms with Gasteiger partial charge in [0.05, 0.1) is 32.4 Å². The second-order valence-corrected chi connectivity index (χ2v) is 8.93. The highest BCUT2D eigenvalue weighted by molar-refractivity contribution is 6.04. The summed E-state index contributed by atoms with van der Waals surface area (Å²) in [6.07, 6.45) is 0. The van der Waals surface area contributed by atoms with E-state index in [1.54, 1.807) is 30.3 Å². The molecule has 2 N–H and O–H groups in total. The smallest absolute Gasteiger partial charge is 0.333 e. The van der Waals surface area contributed by atoms with Crippen LogP contribution in [-0.2, 0) is 6.61 Å². The van der Waals surface area contributed by atoms with Gasteiger partial charge in [-0.1, -0.05) is 30.3 Å². The van der Waals surface area contributed by atoms with Crippen molar-refractivity contribution in [1.82, 2.24) is 9.55 Å². The maximum atomic E-state index is 13.4. The zero-order chi connectivity index (χ0) is 28.9. The summed E-state index contributed by atoms with van der Waals surface area (Å²) in [4.78, 5) is 42.2. The summed E-state index contributed by atoms with van der Waals surface area (Å²) in [6.45, 7) is 0.434. The van der Waals surface area contributed by atoms with Crippen molar-refractivity contribution in [3.63, 3.8) is 0 Å². The number of nitrogens with zero attached hydrogens (tertiary/aromatic N) is 1. The van der Waals surface area contributed by atoms with E-state index >= 15 is 0 Å². The minimum absolute atomic E-state index is 0.162. The van der Waals surface area contributed by atoms with Crippen molar-refractivity contribution >= 4 is 22.5 Å². The molecule has 4 aromatic carbocycles. The average molecular weight is 554 g/mol. The van der Waals surface area contributed by atoms with Crippen LogP contribution in [0.5, 0.6) is 23.0 Å². The first-order chi connectivity index (χ1) is 19.9. The van der Waals surface area contributed by atoms with Crippen molar-refractivity contribution in [2.75, 3.05) is 26.6 Å². The molecule has 0 atom stereocenters. The predicted molar refractivity (Wildman–Crippen MR) is 155 cm³/mol. The first kappa shape index (κ1) is 27.1. The van der Waals surface area contributed by atoms with Gasteiger partial charge in [-0.2, -0.15) is 0 Å². The number of ether oxygens (including phenoxy) is 4. The Kier molecular flexibility index (Phi) is 7.73. The molecule has 0 unspecified atom stereocenters. The lowest BCUT2D eigenvalue weighted by Crippen LogP contribution is -2.34. The minimum atomic E-state index is -0.709. The number of anilines is 1. The molecule has 0 saturated carbocycles. The van der Waals surface area contributed by atoms with Gasteiger partial charge in [-0.05, 0) is 60.2 Å². The Bertz CT molecular complexity index is 1830. The van der Waals surface area contributed by atoms with Gasteiger partial charge in [0, 0.05) is 11.3 Å². The Morgan fingerprint density at radius 2 is 1.56 bits per heavy atom. The molecule has 10 nitrogen and oxygen atoms in total. The van der Waals surface area contributed by atoms with E-state index in [1.165, 1.54) is 45.6 Å². The number of fused-ring (bicyclic) bond motifs is 1. The van der Waals surface area contributed by atoms with Gasteiger partial charge >= 0.3 is 5.69 Å². The number of nitrogens with one attached hydrogen (secondary N) is 2. The van der Waals surface area contributed by atoms with Gasteiger partial charge in [-0.25, -0.2) is 9.36 Å². The van der Waals surface area contributed by atoms with E-state index in [4.69, 9.17) is 18.9 Å². The van der Waals surface area contributed by atoms with Crippen LogP contribution in [0.25, 0.3) is 16.6 Å². The van der Waals surface area contributed by atoms with Crippen LogP contribution in [0.2, 0.25) is 0 Å². The van der Waals surface area contributed by atoms with Crippen LogP contribution in [0.4, 0.5) is 5.69 Å². The fraction of sp³-hybridized carbons (Fsp3) is 0.129. The molecule has 0 radical (unpaired) electrons. The molecule has 0 fully saturated rings. The summed E-state index contributed by atoms with van der Waals surface area (Å²) in [5, 5.41) is 3.04. The standard InChI is InChI=1S/C31H27N3O7/c1-38-25-16-14-23-27(28(25)40-3)33-31(37)34(30(23)36)24-15-9-20(17-26(24)39-2)29(35)32-21-10-12-22(13-11-21)41-18-19-7-5-4-6-8-19/h4-17H,18H2,1-3H3,(H,32,35)(H,33,37). The van der Waals surface area contributed by atoms with Gasteiger partial charge in [0.15, 0.2) is 11.5 Å². The van der Waals surface area contributed by atoms with Crippen LogP contribution >= 0.6 is 0 Å². The van der Waals surface area contributed by atoms with E-state index in [1.807, 2.05) is 30.3 Å². The second kappa shape index (κ2) is 11.7. The van der Waals surface area contributed by atoms with Crippen LogP contribution in [0.3, 0.4) is 0 Å². The van der Waals surface area contributed by atoms with Crippen LogP contribution in [0.15, 0.2) is 94.5 Å². The number of aromatic nitrogens is 2. The van der Waals surface area contributed by atoms with Gasteiger partial charge in [0.1, 0.15) is 23.6 Å². The van der Waals surface area contributed by atoms with Crippen molar-refractivity contribution in [3.05, 3.63) is 117 Å². The number of hydrogen-bond acceptors (Lipinski definition) is 7. The summed E-state index contributed by atoms with van der Waals surface area (Å²) in [5.41, 5.74) is 0.976. The van der Waals surface area contributed by atoms with Crippen LogP contribution in [-0.4, -0.2) is 36.8 Å².